The van der Waals surface area contributed by atoms with E-state index in [0.717, 1.165) is 5.56 Å². The van der Waals surface area contributed by atoms with Gasteiger partial charge in [-0.1, -0.05) is 29.8 Å². The van der Waals surface area contributed by atoms with E-state index in [9.17, 15) is 15.3 Å². The Balaban J connectivity index is 1.63. The van der Waals surface area contributed by atoms with E-state index in [2.05, 4.69) is 12.1 Å². The van der Waals surface area contributed by atoms with Gasteiger partial charge in [0.05, 0.1) is 31.3 Å². The highest BCUT2D eigenvalue weighted by Crippen LogP contribution is 2.76. The van der Waals surface area contributed by atoms with Crippen LogP contribution in [0.4, 0.5) is 0 Å². The summed E-state index contributed by atoms with van der Waals surface area (Å²) in [6.07, 6.45) is 2.48. The summed E-state index contributed by atoms with van der Waals surface area (Å²) in [5.41, 5.74) is -0.145. The lowest BCUT2D eigenvalue weighted by Crippen LogP contribution is -2.37. The molecule has 0 aromatic heterocycles. The number of carbonyl (C=O) groups is 1. The molecule has 1 aromatic carbocycles. The molecule has 3 fully saturated rings. The van der Waals surface area contributed by atoms with Crippen molar-refractivity contribution in [1.82, 2.24) is 0 Å². The van der Waals surface area contributed by atoms with Crippen LogP contribution >= 0.6 is 0 Å². The predicted octanol–water partition coefficient (Wildman–Crippen LogP) is 3.14. The third kappa shape index (κ3) is 2.10. The number of Topliss-reactive ketones (excluding diaryl/α,β-unsaturated/α-hetero) is 1. The Bertz CT molecular complexity index is 770. The molecule has 4 rings (SSSR count). The van der Waals surface area contributed by atoms with Gasteiger partial charge < -0.3 is 9.47 Å². The molecule has 5 heteroatoms. The summed E-state index contributed by atoms with van der Waals surface area (Å²) in [7, 11) is 0. The average Bonchev–Trinajstić information content (AvgIpc) is 2.92. The smallest absolute Gasteiger partial charge is 0.169 e. The normalized spacial score (nSPS) is 31.4. The van der Waals surface area contributed by atoms with Gasteiger partial charge in [0.2, 0.25) is 0 Å². The Hall–Kier alpha value is -2.21. The summed E-state index contributed by atoms with van der Waals surface area (Å²) < 4.78 is 11.5. The molecule has 5 nitrogen and oxygen atoms in total. The molecule has 1 atom stereocenters. The van der Waals surface area contributed by atoms with E-state index in [1.807, 2.05) is 19.1 Å². The fourth-order valence-corrected chi connectivity index (χ4v) is 4.85. The average molecular weight is 336 g/mol. The van der Waals surface area contributed by atoms with Crippen LogP contribution in [0.2, 0.25) is 0 Å². The molecule has 25 heavy (non-hydrogen) atoms. The zero-order chi connectivity index (χ0) is 17.7. The van der Waals surface area contributed by atoms with Crippen LogP contribution in [-0.2, 0) is 9.47 Å². The SMILES string of the molecule is Cc1ccc(C(=O)[C@@H]2C(C#N)(C#N)C23CCC2(CC3)OCCO2)cc1. The maximum Gasteiger partial charge on any atom is 0.169 e. The minimum Gasteiger partial charge on any atom is -0.348 e. The topological polar surface area (TPSA) is 83.1 Å². The molecule has 3 aliphatic rings. The van der Waals surface area contributed by atoms with E-state index < -0.39 is 22.5 Å². The third-order valence-electron chi connectivity index (χ3n) is 6.36. The Morgan fingerprint density at radius 2 is 1.60 bits per heavy atom. The molecule has 128 valence electrons. The first-order chi connectivity index (χ1) is 12.0. The lowest BCUT2D eigenvalue weighted by molar-refractivity contribution is -0.186. The molecule has 0 N–H and O–H groups in total. The molecule has 2 spiro atoms. The highest BCUT2D eigenvalue weighted by Gasteiger charge is 2.81. The Morgan fingerprint density at radius 1 is 1.04 bits per heavy atom. The Morgan fingerprint density at radius 3 is 2.12 bits per heavy atom. The first kappa shape index (κ1) is 16.3. The molecule has 0 unspecified atom stereocenters. The summed E-state index contributed by atoms with van der Waals surface area (Å²) in [4.78, 5) is 13.1. The maximum atomic E-state index is 13.1. The molecule has 1 aliphatic heterocycles. The molecule has 2 saturated carbocycles. The number of benzene rings is 1. The van der Waals surface area contributed by atoms with E-state index in [-0.39, 0.29) is 5.78 Å². The quantitative estimate of drug-likeness (QED) is 0.775. The molecule has 1 heterocycles. The monoisotopic (exact) mass is 336 g/mol. The lowest BCUT2D eigenvalue weighted by atomic mass is 9.77. The van der Waals surface area contributed by atoms with Crippen LogP contribution < -0.4 is 0 Å². The van der Waals surface area contributed by atoms with Gasteiger partial charge in [-0.25, -0.2) is 0 Å². The first-order valence-corrected chi connectivity index (χ1v) is 8.74. The maximum absolute atomic E-state index is 13.1. The molecule has 0 radical (unpaired) electrons. The third-order valence-corrected chi connectivity index (χ3v) is 6.36. The second-order valence-corrected chi connectivity index (χ2v) is 7.46. The zero-order valence-corrected chi connectivity index (χ0v) is 14.2. The molecule has 1 saturated heterocycles. The number of carbonyl (C=O) groups excluding carboxylic acids is 1. The first-order valence-electron chi connectivity index (χ1n) is 8.74. The number of nitriles is 2. The number of aryl methyl sites for hydroxylation is 1. The largest absolute Gasteiger partial charge is 0.348 e. The van der Waals surface area contributed by atoms with E-state index in [1.54, 1.807) is 12.1 Å². The molecular formula is C20H20N2O3. The standard InChI is InChI=1S/C20H20N2O3/c1-14-2-4-15(5-3-14)16(23)17-18(19(17,12-21)13-22)6-8-20(9-7-18)24-10-11-25-20/h2-5,17H,6-11H2,1H3/t17-/m0/s1. The van der Waals surface area contributed by atoms with Gasteiger partial charge in [0.15, 0.2) is 17.0 Å². The van der Waals surface area contributed by atoms with Crippen molar-refractivity contribution in [2.24, 2.45) is 16.7 Å². The molecule has 0 amide bonds. The summed E-state index contributed by atoms with van der Waals surface area (Å²) in [6.45, 7) is 3.13. The fraction of sp³-hybridized carbons (Fsp3) is 0.550. The van der Waals surface area contributed by atoms with Gasteiger partial charge in [-0.2, -0.15) is 10.5 Å². The van der Waals surface area contributed by atoms with Crippen LogP contribution in [0.1, 0.15) is 41.6 Å². The van der Waals surface area contributed by atoms with Crippen molar-refractivity contribution in [2.45, 2.75) is 38.4 Å². The van der Waals surface area contributed by atoms with Crippen molar-refractivity contribution in [3.8, 4) is 12.1 Å². The van der Waals surface area contributed by atoms with Gasteiger partial charge in [-0.15, -0.1) is 0 Å². The highest BCUT2D eigenvalue weighted by atomic mass is 16.7. The Labute approximate surface area is 147 Å². The van der Waals surface area contributed by atoms with Crippen molar-refractivity contribution in [3.63, 3.8) is 0 Å². The highest BCUT2D eigenvalue weighted by molar-refractivity contribution is 6.02. The van der Waals surface area contributed by atoms with Gasteiger partial charge in [-0.3, -0.25) is 4.79 Å². The molecule has 2 aliphatic carbocycles. The number of hydrogen-bond acceptors (Lipinski definition) is 5. The number of ketones is 1. The summed E-state index contributed by atoms with van der Waals surface area (Å²) in [5.74, 6) is -1.22. The van der Waals surface area contributed by atoms with Gasteiger partial charge >= 0.3 is 0 Å². The molecular weight excluding hydrogens is 316 g/mol. The number of rotatable bonds is 2. The summed E-state index contributed by atoms with van der Waals surface area (Å²) in [5, 5.41) is 19.5. The van der Waals surface area contributed by atoms with Crippen LogP contribution in [0.5, 0.6) is 0 Å². The zero-order valence-electron chi connectivity index (χ0n) is 14.2. The summed E-state index contributed by atoms with van der Waals surface area (Å²) in [6, 6.07) is 11.7. The van der Waals surface area contributed by atoms with Crippen molar-refractivity contribution < 1.29 is 14.3 Å². The van der Waals surface area contributed by atoms with Crippen LogP contribution in [0.15, 0.2) is 24.3 Å². The van der Waals surface area contributed by atoms with E-state index in [1.165, 1.54) is 0 Å². The second kappa shape index (κ2) is 5.39. The van der Waals surface area contributed by atoms with Crippen LogP contribution in [0.25, 0.3) is 0 Å². The van der Waals surface area contributed by atoms with E-state index in [4.69, 9.17) is 9.47 Å². The van der Waals surface area contributed by atoms with Gasteiger partial charge in [-0.05, 0) is 19.8 Å². The van der Waals surface area contributed by atoms with Crippen molar-refractivity contribution in [1.29, 1.82) is 10.5 Å². The van der Waals surface area contributed by atoms with Crippen molar-refractivity contribution in [2.75, 3.05) is 13.2 Å². The minimum absolute atomic E-state index is 0.0905. The minimum atomic E-state index is -1.23. The van der Waals surface area contributed by atoms with Crippen molar-refractivity contribution >= 4 is 5.78 Å². The van der Waals surface area contributed by atoms with Gasteiger partial charge in [0, 0.05) is 23.8 Å². The second-order valence-electron chi connectivity index (χ2n) is 7.46. The fourth-order valence-electron chi connectivity index (χ4n) is 4.85. The van der Waals surface area contributed by atoms with E-state index in [0.29, 0.717) is 44.5 Å². The van der Waals surface area contributed by atoms with Crippen LogP contribution in [0, 0.1) is 46.3 Å². The Kier molecular flexibility index (Phi) is 3.51. The van der Waals surface area contributed by atoms with Gasteiger partial charge in [0.25, 0.3) is 0 Å². The number of ether oxygens (including phenoxy) is 2. The molecule has 1 aromatic rings. The van der Waals surface area contributed by atoms with Gasteiger partial charge in [0.1, 0.15) is 0 Å². The summed E-state index contributed by atoms with van der Waals surface area (Å²) >= 11 is 0. The number of nitrogens with zero attached hydrogens (tertiary/aromatic N) is 2. The number of hydrogen-bond donors (Lipinski definition) is 0. The van der Waals surface area contributed by atoms with E-state index >= 15 is 0 Å². The molecule has 0 bridgehead atoms. The van der Waals surface area contributed by atoms with Crippen molar-refractivity contribution in [3.05, 3.63) is 35.4 Å². The lowest BCUT2D eigenvalue weighted by Gasteiger charge is -2.36. The van der Waals surface area contributed by atoms with Crippen LogP contribution in [0.3, 0.4) is 0 Å². The predicted molar refractivity (Wildman–Crippen MR) is 88.2 cm³/mol. The van der Waals surface area contributed by atoms with Crippen LogP contribution in [-0.4, -0.2) is 24.8 Å².